The lowest BCUT2D eigenvalue weighted by Crippen LogP contribution is -2.44. The van der Waals surface area contributed by atoms with Gasteiger partial charge in [0.05, 0.1) is 13.7 Å². The van der Waals surface area contributed by atoms with E-state index in [1.165, 1.54) is 5.56 Å². The van der Waals surface area contributed by atoms with E-state index < -0.39 is 0 Å². The lowest BCUT2D eigenvalue weighted by Gasteiger charge is -2.29. The summed E-state index contributed by atoms with van der Waals surface area (Å²) < 4.78 is 5.19. The first-order valence-corrected chi connectivity index (χ1v) is 7.55. The first kappa shape index (κ1) is 15.8. The van der Waals surface area contributed by atoms with Crippen LogP contribution in [-0.2, 0) is 11.2 Å². The molecule has 1 aromatic carbocycles. The number of piperidine rings is 1. The molecule has 1 aliphatic heterocycles. The minimum Gasteiger partial charge on any atom is -0.497 e. The van der Waals surface area contributed by atoms with Gasteiger partial charge in [0.15, 0.2) is 0 Å². The number of nitrogens with one attached hydrogen (secondary N) is 1. The van der Waals surface area contributed by atoms with Crippen LogP contribution in [0.3, 0.4) is 0 Å². The van der Waals surface area contributed by atoms with Crippen molar-refractivity contribution < 1.29 is 9.53 Å². The number of nitrogens with zero attached hydrogens (tertiary/aromatic N) is 1. The van der Waals surface area contributed by atoms with Crippen molar-refractivity contribution in [3.63, 3.8) is 0 Å². The lowest BCUT2D eigenvalue weighted by atomic mass is 10.1. The van der Waals surface area contributed by atoms with Crippen molar-refractivity contribution in [1.82, 2.24) is 10.2 Å². The Morgan fingerprint density at radius 2 is 2.19 bits per heavy atom. The number of ether oxygens (including phenoxy) is 1. The zero-order valence-corrected chi connectivity index (χ0v) is 12.7. The number of methoxy groups -OCH3 is 1. The molecule has 2 rings (SSSR count). The minimum atomic E-state index is 0.0911. The second kappa shape index (κ2) is 8.00. The van der Waals surface area contributed by atoms with Gasteiger partial charge in [-0.25, -0.2) is 0 Å². The molecule has 1 saturated heterocycles. The number of amides is 1. The average molecular weight is 291 g/mol. The summed E-state index contributed by atoms with van der Waals surface area (Å²) in [6, 6.07) is 8.23. The Morgan fingerprint density at radius 1 is 1.43 bits per heavy atom. The van der Waals surface area contributed by atoms with Crippen LogP contribution in [0.5, 0.6) is 5.75 Å². The fourth-order valence-corrected chi connectivity index (χ4v) is 2.54. The van der Waals surface area contributed by atoms with Gasteiger partial charge in [0.1, 0.15) is 5.75 Å². The van der Waals surface area contributed by atoms with Crippen molar-refractivity contribution in [3.05, 3.63) is 29.8 Å². The van der Waals surface area contributed by atoms with E-state index in [2.05, 4.69) is 10.2 Å². The Kier molecular flexibility index (Phi) is 6.02. The zero-order chi connectivity index (χ0) is 15.1. The van der Waals surface area contributed by atoms with Gasteiger partial charge in [-0.05, 0) is 37.0 Å². The normalized spacial score (nSPS) is 16.7. The molecular formula is C16H25N3O2. The Morgan fingerprint density at radius 3 is 2.90 bits per heavy atom. The molecule has 3 N–H and O–H groups in total. The van der Waals surface area contributed by atoms with Crippen molar-refractivity contribution in [1.29, 1.82) is 0 Å². The summed E-state index contributed by atoms with van der Waals surface area (Å²) in [5.74, 6) is 0.942. The largest absolute Gasteiger partial charge is 0.497 e. The van der Waals surface area contributed by atoms with Crippen LogP contribution in [0.2, 0.25) is 0 Å². The molecule has 0 bridgehead atoms. The van der Waals surface area contributed by atoms with Gasteiger partial charge in [-0.3, -0.25) is 9.69 Å². The molecule has 0 atom stereocenters. The van der Waals surface area contributed by atoms with Gasteiger partial charge in [-0.1, -0.05) is 12.1 Å². The Hall–Kier alpha value is -1.59. The number of rotatable bonds is 6. The SMILES string of the molecule is COc1cccc(CCNC(=O)CN2CCC(N)CC2)c1. The summed E-state index contributed by atoms with van der Waals surface area (Å²) in [4.78, 5) is 14.1. The van der Waals surface area contributed by atoms with E-state index in [1.807, 2.05) is 24.3 Å². The molecule has 116 valence electrons. The van der Waals surface area contributed by atoms with E-state index in [1.54, 1.807) is 7.11 Å². The van der Waals surface area contributed by atoms with E-state index in [0.717, 1.165) is 38.1 Å². The van der Waals surface area contributed by atoms with Crippen LogP contribution in [0.1, 0.15) is 18.4 Å². The van der Waals surface area contributed by atoms with Crippen molar-refractivity contribution in [2.45, 2.75) is 25.3 Å². The maximum Gasteiger partial charge on any atom is 0.234 e. The highest BCUT2D eigenvalue weighted by molar-refractivity contribution is 5.78. The highest BCUT2D eigenvalue weighted by Crippen LogP contribution is 2.12. The summed E-state index contributed by atoms with van der Waals surface area (Å²) in [5.41, 5.74) is 7.02. The lowest BCUT2D eigenvalue weighted by molar-refractivity contribution is -0.122. The molecule has 0 aliphatic carbocycles. The van der Waals surface area contributed by atoms with E-state index >= 15 is 0 Å². The van der Waals surface area contributed by atoms with Gasteiger partial charge in [-0.15, -0.1) is 0 Å². The van der Waals surface area contributed by atoms with Crippen molar-refractivity contribution in [2.24, 2.45) is 5.73 Å². The third-order valence-electron chi connectivity index (χ3n) is 3.87. The van der Waals surface area contributed by atoms with Crippen molar-refractivity contribution >= 4 is 5.91 Å². The monoisotopic (exact) mass is 291 g/mol. The van der Waals surface area contributed by atoms with Crippen LogP contribution in [-0.4, -0.2) is 50.1 Å². The standard InChI is InChI=1S/C16H25N3O2/c1-21-15-4-2-3-13(11-15)5-8-18-16(20)12-19-9-6-14(17)7-10-19/h2-4,11,14H,5-10,12,17H2,1H3,(H,18,20). The predicted molar refractivity (Wildman–Crippen MR) is 83.4 cm³/mol. The molecule has 1 fully saturated rings. The maximum absolute atomic E-state index is 11.9. The predicted octanol–water partition coefficient (Wildman–Crippen LogP) is 0.777. The number of hydrogen-bond acceptors (Lipinski definition) is 4. The molecular weight excluding hydrogens is 266 g/mol. The van der Waals surface area contributed by atoms with E-state index in [4.69, 9.17) is 10.5 Å². The molecule has 0 spiro atoms. The average Bonchev–Trinajstić information content (AvgIpc) is 2.50. The zero-order valence-electron chi connectivity index (χ0n) is 12.7. The molecule has 1 heterocycles. The summed E-state index contributed by atoms with van der Waals surface area (Å²) in [6.07, 6.45) is 2.78. The van der Waals surface area contributed by atoms with Crippen LogP contribution in [0.4, 0.5) is 0 Å². The molecule has 5 heteroatoms. The van der Waals surface area contributed by atoms with Gasteiger partial charge in [0, 0.05) is 25.7 Å². The molecule has 1 aliphatic rings. The van der Waals surface area contributed by atoms with Gasteiger partial charge in [0.2, 0.25) is 5.91 Å². The van der Waals surface area contributed by atoms with Crippen LogP contribution in [0.15, 0.2) is 24.3 Å². The molecule has 1 aromatic rings. The number of carbonyl (C=O) groups is 1. The third-order valence-corrected chi connectivity index (χ3v) is 3.87. The van der Waals surface area contributed by atoms with Crippen molar-refractivity contribution in [3.8, 4) is 5.75 Å². The summed E-state index contributed by atoms with van der Waals surface area (Å²) in [5, 5.41) is 2.97. The van der Waals surface area contributed by atoms with Gasteiger partial charge in [-0.2, -0.15) is 0 Å². The van der Waals surface area contributed by atoms with Gasteiger partial charge >= 0.3 is 0 Å². The van der Waals surface area contributed by atoms with E-state index in [9.17, 15) is 4.79 Å². The Labute approximate surface area is 126 Å². The van der Waals surface area contributed by atoms with Crippen LogP contribution < -0.4 is 15.8 Å². The van der Waals surface area contributed by atoms with Crippen molar-refractivity contribution in [2.75, 3.05) is 33.3 Å². The smallest absolute Gasteiger partial charge is 0.234 e. The molecule has 21 heavy (non-hydrogen) atoms. The maximum atomic E-state index is 11.9. The Balaban J connectivity index is 1.67. The van der Waals surface area contributed by atoms with Crippen LogP contribution in [0, 0.1) is 0 Å². The number of benzene rings is 1. The quantitative estimate of drug-likeness (QED) is 0.813. The number of nitrogens with two attached hydrogens (primary N) is 1. The number of hydrogen-bond donors (Lipinski definition) is 2. The number of carbonyl (C=O) groups excluding carboxylic acids is 1. The molecule has 0 radical (unpaired) electrons. The van der Waals surface area contributed by atoms with Gasteiger partial charge < -0.3 is 15.8 Å². The third kappa shape index (κ3) is 5.36. The summed E-state index contributed by atoms with van der Waals surface area (Å²) in [7, 11) is 1.66. The molecule has 1 amide bonds. The molecule has 0 unspecified atom stereocenters. The minimum absolute atomic E-state index is 0.0911. The molecule has 5 nitrogen and oxygen atoms in total. The first-order chi connectivity index (χ1) is 10.2. The second-order valence-corrected chi connectivity index (χ2v) is 5.57. The first-order valence-electron chi connectivity index (χ1n) is 7.55. The molecule has 0 saturated carbocycles. The highest BCUT2D eigenvalue weighted by Gasteiger charge is 2.17. The van der Waals surface area contributed by atoms with Crippen LogP contribution in [0.25, 0.3) is 0 Å². The number of likely N-dealkylation sites (tertiary alicyclic amines) is 1. The van der Waals surface area contributed by atoms with Gasteiger partial charge in [0.25, 0.3) is 0 Å². The molecule has 0 aromatic heterocycles. The van der Waals surface area contributed by atoms with E-state index in [0.29, 0.717) is 19.1 Å². The van der Waals surface area contributed by atoms with Crippen LogP contribution >= 0.6 is 0 Å². The topological polar surface area (TPSA) is 67.6 Å². The summed E-state index contributed by atoms with van der Waals surface area (Å²) in [6.45, 7) is 2.97. The highest BCUT2D eigenvalue weighted by atomic mass is 16.5. The van der Waals surface area contributed by atoms with E-state index in [-0.39, 0.29) is 5.91 Å². The fourth-order valence-electron chi connectivity index (χ4n) is 2.54. The fraction of sp³-hybridized carbons (Fsp3) is 0.562. The summed E-state index contributed by atoms with van der Waals surface area (Å²) >= 11 is 0. The Bertz CT molecular complexity index is 457. The second-order valence-electron chi connectivity index (χ2n) is 5.57.